The molecule has 5 rings (SSSR count). The lowest BCUT2D eigenvalue weighted by atomic mass is 10.1. The molecule has 0 saturated carbocycles. The normalized spacial score (nSPS) is 12.7. The Morgan fingerprint density at radius 1 is 1.07 bits per heavy atom. The van der Waals surface area contributed by atoms with Crippen LogP contribution in [0.4, 0.5) is 17.1 Å². The van der Waals surface area contributed by atoms with Crippen LogP contribution in [-0.2, 0) is 6.54 Å². The Bertz CT molecular complexity index is 1220. The van der Waals surface area contributed by atoms with Crippen LogP contribution in [-0.4, -0.2) is 21.1 Å². The zero-order valence-corrected chi connectivity index (χ0v) is 16.3. The maximum absolute atomic E-state index is 13.0. The van der Waals surface area contributed by atoms with Crippen molar-refractivity contribution in [3.8, 4) is 11.5 Å². The summed E-state index contributed by atoms with van der Waals surface area (Å²) >= 11 is 0. The molecule has 0 spiro atoms. The van der Waals surface area contributed by atoms with Crippen molar-refractivity contribution in [1.29, 1.82) is 0 Å². The van der Waals surface area contributed by atoms with Crippen LogP contribution in [0.15, 0.2) is 73.2 Å². The fourth-order valence-electron chi connectivity index (χ4n) is 3.54. The van der Waals surface area contributed by atoms with Gasteiger partial charge in [-0.05, 0) is 55.0 Å². The molecule has 0 radical (unpaired) electrons. The topological polar surface area (TPSA) is 83.1 Å². The van der Waals surface area contributed by atoms with Gasteiger partial charge in [0.1, 0.15) is 5.75 Å². The second kappa shape index (κ2) is 7.36. The summed E-state index contributed by atoms with van der Waals surface area (Å²) in [6.45, 7) is 2.46. The highest BCUT2D eigenvalue weighted by atomic mass is 16.5. The lowest BCUT2D eigenvalue weighted by Gasteiger charge is -2.16. The predicted octanol–water partition coefficient (Wildman–Crippen LogP) is 4.81. The van der Waals surface area contributed by atoms with E-state index in [-0.39, 0.29) is 5.91 Å². The first kappa shape index (κ1) is 17.9. The summed E-state index contributed by atoms with van der Waals surface area (Å²) in [6.07, 6.45) is 5.04. The summed E-state index contributed by atoms with van der Waals surface area (Å²) in [6, 6.07) is 17.2. The highest BCUT2D eigenvalue weighted by Gasteiger charge is 2.29. The van der Waals surface area contributed by atoms with Crippen LogP contribution >= 0.6 is 0 Å². The number of aromatic amines is 1. The van der Waals surface area contributed by atoms with E-state index in [9.17, 15) is 4.79 Å². The standard InChI is InChI=1S/C23H19N5O2/c1-15-9-18(7-8-24-15)27-17-5-6-22-16(10-17)14-28(23(22)29)19-3-2-4-20(11-19)30-21-12-25-26-13-21/h2-13H,14H2,1H3,(H,24,27)(H,25,26). The van der Waals surface area contributed by atoms with Crippen molar-refractivity contribution in [2.45, 2.75) is 13.5 Å². The Morgan fingerprint density at radius 3 is 2.80 bits per heavy atom. The van der Waals surface area contributed by atoms with Gasteiger partial charge in [0.2, 0.25) is 0 Å². The molecule has 0 fully saturated rings. The number of aryl methyl sites for hydroxylation is 1. The second-order valence-corrected chi connectivity index (χ2v) is 7.11. The maximum Gasteiger partial charge on any atom is 0.258 e. The van der Waals surface area contributed by atoms with E-state index >= 15 is 0 Å². The maximum atomic E-state index is 13.0. The molecule has 2 aromatic carbocycles. The van der Waals surface area contributed by atoms with Gasteiger partial charge in [-0.15, -0.1) is 0 Å². The average Bonchev–Trinajstić information content (AvgIpc) is 3.36. The third-order valence-electron chi connectivity index (χ3n) is 4.93. The van der Waals surface area contributed by atoms with Gasteiger partial charge in [0.05, 0.1) is 18.9 Å². The zero-order valence-electron chi connectivity index (χ0n) is 16.3. The molecule has 3 heterocycles. The summed E-state index contributed by atoms with van der Waals surface area (Å²) in [5, 5.41) is 9.97. The number of nitrogens with one attached hydrogen (secondary N) is 2. The number of anilines is 3. The Kier molecular flexibility index (Phi) is 4.40. The molecule has 7 nitrogen and oxygen atoms in total. The molecule has 2 aromatic heterocycles. The van der Waals surface area contributed by atoms with E-state index in [1.54, 1.807) is 23.5 Å². The summed E-state index contributed by atoms with van der Waals surface area (Å²) in [4.78, 5) is 19.0. The second-order valence-electron chi connectivity index (χ2n) is 7.11. The number of carbonyl (C=O) groups excluding carboxylic acids is 1. The van der Waals surface area contributed by atoms with Crippen molar-refractivity contribution in [2.75, 3.05) is 10.2 Å². The van der Waals surface area contributed by atoms with Gasteiger partial charge in [-0.25, -0.2) is 0 Å². The number of nitrogens with zero attached hydrogens (tertiary/aromatic N) is 3. The van der Waals surface area contributed by atoms with Crippen molar-refractivity contribution in [1.82, 2.24) is 15.2 Å². The van der Waals surface area contributed by atoms with E-state index in [1.165, 1.54) is 0 Å². The van der Waals surface area contributed by atoms with Crippen molar-refractivity contribution in [2.24, 2.45) is 0 Å². The highest BCUT2D eigenvalue weighted by molar-refractivity contribution is 6.10. The fraction of sp³-hybridized carbons (Fsp3) is 0.0870. The van der Waals surface area contributed by atoms with Gasteiger partial charge in [0.25, 0.3) is 5.91 Å². The van der Waals surface area contributed by atoms with Crippen molar-refractivity contribution >= 4 is 23.0 Å². The van der Waals surface area contributed by atoms with Crippen LogP contribution in [0.3, 0.4) is 0 Å². The molecule has 4 aromatic rings. The number of carbonyl (C=O) groups is 1. The number of hydrogen-bond acceptors (Lipinski definition) is 5. The molecule has 0 saturated heterocycles. The van der Waals surface area contributed by atoms with Gasteiger partial charge in [-0.3, -0.25) is 14.9 Å². The molecule has 7 heteroatoms. The smallest absolute Gasteiger partial charge is 0.258 e. The van der Waals surface area contributed by atoms with E-state index in [0.717, 1.165) is 28.3 Å². The number of H-pyrrole nitrogens is 1. The largest absolute Gasteiger partial charge is 0.454 e. The molecule has 0 atom stereocenters. The molecule has 1 amide bonds. The molecular formula is C23H19N5O2. The molecular weight excluding hydrogens is 378 g/mol. The van der Waals surface area contributed by atoms with Crippen LogP contribution in [0, 0.1) is 6.92 Å². The van der Waals surface area contributed by atoms with Crippen LogP contribution < -0.4 is 15.0 Å². The fourth-order valence-corrected chi connectivity index (χ4v) is 3.54. The minimum Gasteiger partial charge on any atom is -0.454 e. The van der Waals surface area contributed by atoms with Crippen molar-refractivity contribution in [3.63, 3.8) is 0 Å². The average molecular weight is 397 g/mol. The van der Waals surface area contributed by atoms with Crippen LogP contribution in [0.5, 0.6) is 11.5 Å². The minimum absolute atomic E-state index is 0.0169. The van der Waals surface area contributed by atoms with Crippen LogP contribution in [0.2, 0.25) is 0 Å². The van der Waals surface area contributed by atoms with Crippen molar-refractivity contribution < 1.29 is 9.53 Å². The molecule has 0 unspecified atom stereocenters. The van der Waals surface area contributed by atoms with Gasteiger partial charge in [-0.1, -0.05) is 6.07 Å². The lowest BCUT2D eigenvalue weighted by Crippen LogP contribution is -2.22. The third kappa shape index (κ3) is 3.48. The minimum atomic E-state index is -0.0169. The number of ether oxygens (including phenoxy) is 1. The molecule has 2 N–H and O–H groups in total. The van der Waals surface area contributed by atoms with Gasteiger partial charge in [0.15, 0.2) is 5.75 Å². The summed E-state index contributed by atoms with van der Waals surface area (Å²) in [5.41, 5.74) is 5.33. The molecule has 30 heavy (non-hydrogen) atoms. The summed E-state index contributed by atoms with van der Waals surface area (Å²) in [5.74, 6) is 1.25. The summed E-state index contributed by atoms with van der Waals surface area (Å²) in [7, 11) is 0. The number of rotatable bonds is 5. The molecule has 0 aliphatic carbocycles. The van der Waals surface area contributed by atoms with Gasteiger partial charge >= 0.3 is 0 Å². The van der Waals surface area contributed by atoms with E-state index in [1.807, 2.05) is 61.5 Å². The van der Waals surface area contributed by atoms with Gasteiger partial charge in [-0.2, -0.15) is 5.10 Å². The Hall–Kier alpha value is -4.13. The van der Waals surface area contributed by atoms with E-state index < -0.39 is 0 Å². The third-order valence-corrected chi connectivity index (χ3v) is 4.93. The number of hydrogen-bond donors (Lipinski definition) is 2. The van der Waals surface area contributed by atoms with Crippen LogP contribution in [0.25, 0.3) is 0 Å². The summed E-state index contributed by atoms with van der Waals surface area (Å²) < 4.78 is 5.78. The first-order chi connectivity index (χ1) is 14.7. The quantitative estimate of drug-likeness (QED) is 0.505. The molecule has 0 bridgehead atoms. The van der Waals surface area contributed by atoms with E-state index in [0.29, 0.717) is 23.6 Å². The van der Waals surface area contributed by atoms with E-state index in [4.69, 9.17) is 4.74 Å². The van der Waals surface area contributed by atoms with E-state index in [2.05, 4.69) is 20.5 Å². The first-order valence-corrected chi connectivity index (χ1v) is 9.57. The lowest BCUT2D eigenvalue weighted by molar-refractivity contribution is 0.0996. The van der Waals surface area contributed by atoms with Crippen molar-refractivity contribution in [3.05, 3.63) is 90.0 Å². The SMILES string of the molecule is Cc1cc(Nc2ccc3c(c2)CN(c2cccc(Oc4cn[nH]c4)c2)C3=O)ccn1. The monoisotopic (exact) mass is 397 g/mol. The Morgan fingerprint density at radius 2 is 1.97 bits per heavy atom. The van der Waals surface area contributed by atoms with Gasteiger partial charge < -0.3 is 15.0 Å². The number of pyridine rings is 1. The highest BCUT2D eigenvalue weighted by Crippen LogP contribution is 2.33. The zero-order chi connectivity index (χ0) is 20.5. The molecule has 1 aliphatic heterocycles. The van der Waals surface area contributed by atoms with Crippen LogP contribution in [0.1, 0.15) is 21.6 Å². The number of benzene rings is 2. The number of aromatic nitrogens is 3. The Balaban J connectivity index is 1.37. The Labute approximate surface area is 173 Å². The predicted molar refractivity (Wildman–Crippen MR) is 114 cm³/mol. The first-order valence-electron chi connectivity index (χ1n) is 9.57. The molecule has 148 valence electrons. The van der Waals surface area contributed by atoms with Gasteiger partial charge in [0, 0.05) is 40.6 Å². The number of fused-ring (bicyclic) bond motifs is 1. The number of amides is 1. The molecule has 1 aliphatic rings.